The minimum Gasteiger partial charge on any atom is -0.355 e. The molecule has 0 atom stereocenters. The summed E-state index contributed by atoms with van der Waals surface area (Å²) in [5, 5.41) is 28.1. The predicted molar refractivity (Wildman–Crippen MR) is 63.7 cm³/mol. The Balaban J connectivity index is 3.12. The molecule has 0 aromatic carbocycles. The monoisotopic (exact) mass is 245 g/mol. The van der Waals surface area contributed by atoms with E-state index in [1.165, 1.54) is 6.07 Å². The van der Waals surface area contributed by atoms with Gasteiger partial charge in [0.1, 0.15) is 23.6 Å². The van der Waals surface area contributed by atoms with Crippen LogP contribution in [0.5, 0.6) is 0 Å². The predicted octanol–water partition coefficient (Wildman–Crippen LogP) is 1.60. The van der Waals surface area contributed by atoms with Gasteiger partial charge in [-0.1, -0.05) is 0 Å². The van der Waals surface area contributed by atoms with E-state index in [9.17, 15) is 10.1 Å². The third-order valence-corrected chi connectivity index (χ3v) is 2.36. The first kappa shape index (κ1) is 13.4. The highest BCUT2D eigenvalue weighted by Crippen LogP contribution is 2.21. The maximum Gasteiger partial charge on any atom is 0.289 e. The van der Waals surface area contributed by atoms with Crippen molar-refractivity contribution in [3.05, 3.63) is 27.9 Å². The molecule has 92 valence electrons. The molecular formula is C11H11N5O2. The molecule has 0 unspecified atom stereocenters. The smallest absolute Gasteiger partial charge is 0.289 e. The van der Waals surface area contributed by atoms with E-state index in [4.69, 9.17) is 10.5 Å². The molecule has 0 spiro atoms. The first-order chi connectivity index (χ1) is 8.63. The zero-order valence-corrected chi connectivity index (χ0v) is 9.83. The standard InChI is InChI=1S/C11H11N5O2/c1-2-15(5-3-4-12)11-9(7-13)6-10(8-14-11)16(17)18/h6,8H,2-3,5H2,1H3. The summed E-state index contributed by atoms with van der Waals surface area (Å²) in [5.41, 5.74) is -0.0735. The lowest BCUT2D eigenvalue weighted by Crippen LogP contribution is -2.25. The number of hydrogen-bond acceptors (Lipinski definition) is 6. The number of nitriles is 2. The van der Waals surface area contributed by atoms with E-state index >= 15 is 0 Å². The largest absolute Gasteiger partial charge is 0.355 e. The number of rotatable bonds is 5. The van der Waals surface area contributed by atoms with Gasteiger partial charge in [0.2, 0.25) is 0 Å². The van der Waals surface area contributed by atoms with Crippen LogP contribution in [0.25, 0.3) is 0 Å². The first-order valence-electron chi connectivity index (χ1n) is 5.30. The zero-order valence-electron chi connectivity index (χ0n) is 9.83. The Kier molecular flexibility index (Phi) is 4.58. The molecule has 1 heterocycles. The summed E-state index contributed by atoms with van der Waals surface area (Å²) in [5.74, 6) is 0.376. The number of nitrogens with zero attached hydrogens (tertiary/aromatic N) is 5. The summed E-state index contributed by atoms with van der Waals surface area (Å²) in [6, 6.07) is 5.09. The topological polar surface area (TPSA) is 107 Å². The second-order valence-electron chi connectivity index (χ2n) is 3.42. The lowest BCUT2D eigenvalue weighted by Gasteiger charge is -2.21. The summed E-state index contributed by atoms with van der Waals surface area (Å²) < 4.78 is 0. The number of anilines is 1. The molecule has 0 saturated heterocycles. The molecule has 0 N–H and O–H groups in total. The van der Waals surface area contributed by atoms with Gasteiger partial charge in [-0.2, -0.15) is 10.5 Å². The molecule has 7 nitrogen and oxygen atoms in total. The summed E-state index contributed by atoms with van der Waals surface area (Å²) in [6.07, 6.45) is 1.42. The third kappa shape index (κ3) is 2.92. The molecule has 0 saturated carbocycles. The quantitative estimate of drug-likeness (QED) is 0.576. The van der Waals surface area contributed by atoms with Crippen LogP contribution in [0.3, 0.4) is 0 Å². The van der Waals surface area contributed by atoms with E-state index in [2.05, 4.69) is 4.98 Å². The Morgan fingerprint density at radius 3 is 2.78 bits per heavy atom. The van der Waals surface area contributed by atoms with Crippen molar-refractivity contribution in [3.8, 4) is 12.1 Å². The second kappa shape index (κ2) is 6.16. The molecule has 1 aromatic heterocycles. The van der Waals surface area contributed by atoms with Crippen molar-refractivity contribution in [2.24, 2.45) is 0 Å². The average molecular weight is 245 g/mol. The lowest BCUT2D eigenvalue weighted by atomic mass is 10.2. The molecular weight excluding hydrogens is 234 g/mol. The van der Waals surface area contributed by atoms with Gasteiger partial charge < -0.3 is 4.90 Å². The fourth-order valence-electron chi connectivity index (χ4n) is 1.48. The van der Waals surface area contributed by atoms with Gasteiger partial charge in [-0.25, -0.2) is 4.98 Å². The first-order valence-corrected chi connectivity index (χ1v) is 5.30. The van der Waals surface area contributed by atoms with Gasteiger partial charge in [-0.3, -0.25) is 10.1 Å². The van der Waals surface area contributed by atoms with Gasteiger partial charge in [0, 0.05) is 19.2 Å². The molecule has 1 rings (SSSR count). The van der Waals surface area contributed by atoms with Crippen LogP contribution >= 0.6 is 0 Å². The van der Waals surface area contributed by atoms with Gasteiger partial charge in [-0.15, -0.1) is 0 Å². The number of pyridine rings is 1. The van der Waals surface area contributed by atoms with Gasteiger partial charge in [0.05, 0.1) is 17.4 Å². The molecule has 1 aromatic rings. The molecule has 0 amide bonds. The van der Waals surface area contributed by atoms with Gasteiger partial charge in [0.25, 0.3) is 5.69 Å². The van der Waals surface area contributed by atoms with Crippen molar-refractivity contribution in [1.29, 1.82) is 10.5 Å². The van der Waals surface area contributed by atoms with Crippen LogP contribution in [0.1, 0.15) is 18.9 Å². The summed E-state index contributed by atoms with van der Waals surface area (Å²) >= 11 is 0. The highest BCUT2D eigenvalue weighted by molar-refractivity contribution is 5.57. The second-order valence-corrected chi connectivity index (χ2v) is 3.42. The Labute approximate surface area is 104 Å². The maximum atomic E-state index is 10.6. The molecule has 0 bridgehead atoms. The van der Waals surface area contributed by atoms with Crippen LogP contribution in [0.15, 0.2) is 12.3 Å². The fraction of sp³-hybridized carbons (Fsp3) is 0.364. The Morgan fingerprint density at radius 1 is 1.56 bits per heavy atom. The van der Waals surface area contributed by atoms with Crippen molar-refractivity contribution in [2.45, 2.75) is 13.3 Å². The van der Waals surface area contributed by atoms with E-state index in [0.717, 1.165) is 6.20 Å². The van der Waals surface area contributed by atoms with Crippen LogP contribution in [-0.2, 0) is 0 Å². The molecule has 0 aliphatic carbocycles. The van der Waals surface area contributed by atoms with E-state index in [0.29, 0.717) is 25.3 Å². The van der Waals surface area contributed by atoms with Crippen LogP contribution < -0.4 is 4.90 Å². The highest BCUT2D eigenvalue weighted by Gasteiger charge is 2.16. The van der Waals surface area contributed by atoms with Gasteiger partial charge >= 0.3 is 0 Å². The van der Waals surface area contributed by atoms with Crippen molar-refractivity contribution >= 4 is 11.5 Å². The Morgan fingerprint density at radius 2 is 2.28 bits per heavy atom. The van der Waals surface area contributed by atoms with E-state index in [1.54, 1.807) is 4.90 Å². The van der Waals surface area contributed by atoms with Crippen molar-refractivity contribution in [2.75, 3.05) is 18.0 Å². The molecule has 0 aliphatic rings. The van der Waals surface area contributed by atoms with Crippen LogP contribution in [0.2, 0.25) is 0 Å². The average Bonchev–Trinajstić information content (AvgIpc) is 2.39. The summed E-state index contributed by atoms with van der Waals surface area (Å²) in [4.78, 5) is 15.7. The SMILES string of the molecule is CCN(CCC#N)c1ncc([N+](=O)[O-])cc1C#N. The normalized spacial score (nSPS) is 9.28. The van der Waals surface area contributed by atoms with Crippen molar-refractivity contribution in [3.63, 3.8) is 0 Å². The number of hydrogen-bond donors (Lipinski definition) is 0. The lowest BCUT2D eigenvalue weighted by molar-refractivity contribution is -0.385. The highest BCUT2D eigenvalue weighted by atomic mass is 16.6. The zero-order chi connectivity index (χ0) is 13.5. The minimum absolute atomic E-state index is 0.143. The van der Waals surface area contributed by atoms with Crippen molar-refractivity contribution < 1.29 is 4.92 Å². The molecule has 0 fully saturated rings. The molecule has 0 aliphatic heterocycles. The Bertz CT molecular complexity index is 529. The van der Waals surface area contributed by atoms with Crippen LogP contribution in [0, 0.1) is 32.8 Å². The summed E-state index contributed by atoms with van der Waals surface area (Å²) in [7, 11) is 0. The molecule has 18 heavy (non-hydrogen) atoms. The van der Waals surface area contributed by atoms with Crippen molar-refractivity contribution in [1.82, 2.24) is 4.98 Å². The van der Waals surface area contributed by atoms with Crippen LogP contribution in [0.4, 0.5) is 11.5 Å². The Hall–Kier alpha value is -2.67. The minimum atomic E-state index is -0.594. The number of nitro groups is 1. The third-order valence-electron chi connectivity index (χ3n) is 2.36. The molecule has 0 radical (unpaired) electrons. The van der Waals surface area contributed by atoms with E-state index in [1.807, 2.05) is 19.1 Å². The van der Waals surface area contributed by atoms with E-state index in [-0.39, 0.29) is 11.3 Å². The van der Waals surface area contributed by atoms with E-state index < -0.39 is 4.92 Å². The van der Waals surface area contributed by atoms with Gasteiger partial charge in [0.15, 0.2) is 0 Å². The van der Waals surface area contributed by atoms with Gasteiger partial charge in [-0.05, 0) is 6.92 Å². The number of aromatic nitrogens is 1. The fourth-order valence-corrected chi connectivity index (χ4v) is 1.48. The summed E-state index contributed by atoms with van der Waals surface area (Å²) in [6.45, 7) is 2.87. The molecule has 7 heteroatoms. The maximum absolute atomic E-state index is 10.6. The van der Waals surface area contributed by atoms with Crippen LogP contribution in [-0.4, -0.2) is 23.0 Å².